The fourth-order valence-corrected chi connectivity index (χ4v) is 5.71. The molecule has 4 rings (SSSR count). The lowest BCUT2D eigenvalue weighted by Gasteiger charge is -2.23. The van der Waals surface area contributed by atoms with E-state index in [1.54, 1.807) is 42.5 Å². The van der Waals surface area contributed by atoms with Crippen LogP contribution in [0.1, 0.15) is 39.9 Å². The molecule has 0 unspecified atom stereocenters. The van der Waals surface area contributed by atoms with E-state index in [4.69, 9.17) is 23.2 Å². The van der Waals surface area contributed by atoms with Gasteiger partial charge in [0.1, 0.15) is 0 Å². The number of likely N-dealkylation sites (tertiary alicyclic amines) is 1. The summed E-state index contributed by atoms with van der Waals surface area (Å²) in [7, 11) is -3.63. The van der Waals surface area contributed by atoms with Crippen molar-refractivity contribution in [3.63, 3.8) is 0 Å². The molecule has 190 valence electrons. The van der Waals surface area contributed by atoms with Gasteiger partial charge in [0.15, 0.2) is 0 Å². The first kappa shape index (κ1) is 26.5. The first-order chi connectivity index (χ1) is 17.2. The van der Waals surface area contributed by atoms with Crippen molar-refractivity contribution in [2.24, 2.45) is 0 Å². The summed E-state index contributed by atoms with van der Waals surface area (Å²) in [4.78, 5) is 15.2. The fraction of sp³-hybridized carbons (Fsp3) is 0.296. The van der Waals surface area contributed by atoms with E-state index in [0.29, 0.717) is 33.4 Å². The Hall–Kier alpha value is -2.58. The van der Waals surface area contributed by atoms with Crippen LogP contribution in [-0.4, -0.2) is 38.6 Å². The minimum Gasteiger partial charge on any atom is -0.348 e. The number of sulfonamides is 1. The van der Waals surface area contributed by atoms with E-state index in [1.165, 1.54) is 22.7 Å². The van der Waals surface area contributed by atoms with Crippen LogP contribution in [0.15, 0.2) is 66.7 Å². The number of nitrogens with zero attached hydrogens (tertiary/aromatic N) is 2. The molecule has 1 heterocycles. The van der Waals surface area contributed by atoms with Gasteiger partial charge in [-0.1, -0.05) is 53.5 Å². The third-order valence-electron chi connectivity index (χ3n) is 6.23. The second kappa shape index (κ2) is 11.6. The highest BCUT2D eigenvalue weighted by Gasteiger charge is 2.21. The number of carbonyl (C=O) groups is 1. The molecular weight excluding hydrogens is 517 g/mol. The molecule has 1 fully saturated rings. The number of carbonyl (C=O) groups excluding carboxylic acids is 1. The molecule has 9 heteroatoms. The van der Waals surface area contributed by atoms with Gasteiger partial charge in [-0.25, -0.2) is 8.42 Å². The molecule has 0 atom stereocenters. The summed E-state index contributed by atoms with van der Waals surface area (Å²) in [6, 6.07) is 19.7. The van der Waals surface area contributed by atoms with Gasteiger partial charge in [-0.2, -0.15) is 0 Å². The van der Waals surface area contributed by atoms with Crippen LogP contribution in [0.25, 0.3) is 0 Å². The van der Waals surface area contributed by atoms with E-state index in [1.807, 2.05) is 12.1 Å². The predicted octanol–water partition coefficient (Wildman–Crippen LogP) is 5.49. The van der Waals surface area contributed by atoms with Crippen LogP contribution in [0.2, 0.25) is 10.0 Å². The molecule has 1 aliphatic heterocycles. The molecule has 3 aromatic carbocycles. The Morgan fingerprint density at radius 3 is 2.19 bits per heavy atom. The number of amides is 1. The zero-order chi connectivity index (χ0) is 25.7. The Kier molecular flexibility index (Phi) is 8.57. The Labute approximate surface area is 222 Å². The largest absolute Gasteiger partial charge is 0.348 e. The van der Waals surface area contributed by atoms with Crippen LogP contribution in [0.3, 0.4) is 0 Å². The minimum atomic E-state index is -3.63. The molecular formula is C27H29Cl2N3O3S. The topological polar surface area (TPSA) is 69.7 Å². The molecule has 0 spiro atoms. The number of hydrogen-bond acceptors (Lipinski definition) is 4. The summed E-state index contributed by atoms with van der Waals surface area (Å²) in [6.07, 6.45) is 3.63. The standard InChI is InChI=1S/C27H29Cl2N3O3S/c1-36(34,35)32(19-24-25(28)8-5-9-26(24)29)23-12-10-22(11-13-23)27(33)30-17-20-6-4-7-21(16-20)18-31-14-2-3-15-31/h4-13,16H,2-3,14-15,17-19H2,1H3,(H,30,33). The summed E-state index contributed by atoms with van der Waals surface area (Å²) >= 11 is 12.5. The van der Waals surface area contributed by atoms with Gasteiger partial charge in [0, 0.05) is 34.3 Å². The molecule has 36 heavy (non-hydrogen) atoms. The van der Waals surface area contributed by atoms with Crippen molar-refractivity contribution in [1.29, 1.82) is 0 Å². The number of halogens is 2. The minimum absolute atomic E-state index is 0.0172. The lowest BCUT2D eigenvalue weighted by atomic mass is 10.1. The highest BCUT2D eigenvalue weighted by Crippen LogP contribution is 2.29. The van der Waals surface area contributed by atoms with Crippen LogP contribution >= 0.6 is 23.2 Å². The lowest BCUT2D eigenvalue weighted by Crippen LogP contribution is -2.29. The van der Waals surface area contributed by atoms with Gasteiger partial charge in [0.05, 0.1) is 18.5 Å². The maximum absolute atomic E-state index is 12.8. The maximum atomic E-state index is 12.8. The van der Waals surface area contributed by atoms with Crippen LogP contribution in [-0.2, 0) is 29.7 Å². The van der Waals surface area contributed by atoms with Crippen LogP contribution in [0, 0.1) is 0 Å². The first-order valence-electron chi connectivity index (χ1n) is 11.8. The molecule has 1 N–H and O–H groups in total. The van der Waals surface area contributed by atoms with E-state index in [2.05, 4.69) is 22.3 Å². The van der Waals surface area contributed by atoms with Gasteiger partial charge < -0.3 is 5.32 Å². The van der Waals surface area contributed by atoms with Crippen LogP contribution < -0.4 is 9.62 Å². The van der Waals surface area contributed by atoms with Gasteiger partial charge >= 0.3 is 0 Å². The molecule has 0 aromatic heterocycles. The third-order valence-corrected chi connectivity index (χ3v) is 8.08. The molecule has 0 aliphatic carbocycles. The lowest BCUT2D eigenvalue weighted by molar-refractivity contribution is 0.0951. The molecule has 1 amide bonds. The van der Waals surface area contributed by atoms with Gasteiger partial charge in [-0.3, -0.25) is 14.0 Å². The number of benzene rings is 3. The van der Waals surface area contributed by atoms with Gasteiger partial charge in [0.25, 0.3) is 5.91 Å². The highest BCUT2D eigenvalue weighted by molar-refractivity contribution is 7.92. The molecule has 1 saturated heterocycles. The van der Waals surface area contributed by atoms with Gasteiger partial charge in [-0.15, -0.1) is 0 Å². The zero-order valence-corrected chi connectivity index (χ0v) is 22.4. The summed E-state index contributed by atoms with van der Waals surface area (Å²) in [5, 5.41) is 3.72. The Morgan fingerprint density at radius 1 is 0.944 bits per heavy atom. The van der Waals surface area contributed by atoms with Crippen LogP contribution in [0.5, 0.6) is 0 Å². The van der Waals surface area contributed by atoms with Crippen molar-refractivity contribution in [2.45, 2.75) is 32.5 Å². The second-order valence-corrected chi connectivity index (χ2v) is 11.7. The maximum Gasteiger partial charge on any atom is 0.251 e. The van der Waals surface area contributed by atoms with Crippen molar-refractivity contribution in [3.8, 4) is 0 Å². The van der Waals surface area contributed by atoms with Crippen molar-refractivity contribution in [2.75, 3.05) is 23.7 Å². The van der Waals surface area contributed by atoms with Gasteiger partial charge in [0.2, 0.25) is 10.0 Å². The van der Waals surface area contributed by atoms with E-state index in [9.17, 15) is 13.2 Å². The molecule has 1 aliphatic rings. The Balaban J connectivity index is 1.42. The average molecular weight is 547 g/mol. The summed E-state index contributed by atoms with van der Waals surface area (Å²) in [5.74, 6) is -0.230. The third kappa shape index (κ3) is 6.79. The van der Waals surface area contributed by atoms with Crippen molar-refractivity contribution in [3.05, 3.63) is 99.0 Å². The summed E-state index contributed by atoms with van der Waals surface area (Å²) in [5.41, 5.74) is 3.65. The number of rotatable bonds is 9. The quantitative estimate of drug-likeness (QED) is 0.386. The highest BCUT2D eigenvalue weighted by atomic mass is 35.5. The van der Waals surface area contributed by atoms with Crippen molar-refractivity contribution in [1.82, 2.24) is 10.2 Å². The molecule has 0 bridgehead atoms. The normalized spacial score (nSPS) is 14.1. The smallest absolute Gasteiger partial charge is 0.251 e. The van der Waals surface area contributed by atoms with E-state index in [0.717, 1.165) is 31.5 Å². The number of anilines is 1. The number of nitrogens with one attached hydrogen (secondary N) is 1. The van der Waals surface area contributed by atoms with E-state index in [-0.39, 0.29) is 12.5 Å². The van der Waals surface area contributed by atoms with Crippen molar-refractivity contribution >= 4 is 44.8 Å². The summed E-state index contributed by atoms with van der Waals surface area (Å²) < 4.78 is 26.3. The van der Waals surface area contributed by atoms with E-state index < -0.39 is 10.0 Å². The molecule has 6 nitrogen and oxygen atoms in total. The van der Waals surface area contributed by atoms with Gasteiger partial charge in [-0.05, 0) is 73.5 Å². The zero-order valence-electron chi connectivity index (χ0n) is 20.1. The first-order valence-corrected chi connectivity index (χ1v) is 14.4. The SMILES string of the molecule is CS(=O)(=O)N(Cc1c(Cl)cccc1Cl)c1ccc(C(=O)NCc2cccc(CN3CCCC3)c2)cc1. The second-order valence-electron chi connectivity index (χ2n) is 9.00. The fourth-order valence-electron chi connectivity index (χ4n) is 4.33. The molecule has 3 aromatic rings. The monoisotopic (exact) mass is 545 g/mol. The number of hydrogen-bond donors (Lipinski definition) is 1. The van der Waals surface area contributed by atoms with E-state index >= 15 is 0 Å². The Morgan fingerprint density at radius 2 is 1.56 bits per heavy atom. The van der Waals surface area contributed by atoms with Crippen LogP contribution in [0.4, 0.5) is 5.69 Å². The summed E-state index contributed by atoms with van der Waals surface area (Å²) in [6.45, 7) is 3.60. The van der Waals surface area contributed by atoms with Crippen molar-refractivity contribution < 1.29 is 13.2 Å². The average Bonchev–Trinajstić information content (AvgIpc) is 3.35. The Bertz CT molecular complexity index is 1300. The predicted molar refractivity (Wildman–Crippen MR) is 146 cm³/mol. The molecule has 0 radical (unpaired) electrons. The molecule has 0 saturated carbocycles.